The Kier molecular flexibility index (Phi) is 5.83. The van der Waals surface area contributed by atoms with Crippen LogP contribution in [0.4, 0.5) is 0 Å². The maximum atomic E-state index is 11.2. The Morgan fingerprint density at radius 2 is 1.50 bits per heavy atom. The molecule has 0 aliphatic carbocycles. The van der Waals surface area contributed by atoms with E-state index in [9.17, 15) is 24.3 Å². The van der Waals surface area contributed by atoms with E-state index in [0.29, 0.717) is 0 Å². The molecule has 0 bridgehead atoms. The fourth-order valence-electron chi connectivity index (χ4n) is 2.09. The number of hydrogen-bond donors (Lipinski definition) is 3. The van der Waals surface area contributed by atoms with Crippen LogP contribution in [0.1, 0.15) is 20.8 Å². The van der Waals surface area contributed by atoms with E-state index in [-0.39, 0.29) is 0 Å². The first-order valence-electron chi connectivity index (χ1n) is 6.31. The summed E-state index contributed by atoms with van der Waals surface area (Å²) in [6, 6.07) is -1.29. The molecule has 5 atom stereocenters. The van der Waals surface area contributed by atoms with Crippen LogP contribution in [0.15, 0.2) is 0 Å². The van der Waals surface area contributed by atoms with Crippen molar-refractivity contribution in [1.82, 2.24) is 5.32 Å². The first-order chi connectivity index (χ1) is 10.1. The van der Waals surface area contributed by atoms with Gasteiger partial charge in [-0.1, -0.05) is 0 Å². The van der Waals surface area contributed by atoms with E-state index >= 15 is 0 Å². The number of ether oxygens (including phenoxy) is 3. The molecule has 1 aliphatic rings. The molecular weight excluding hydrogens is 302 g/mol. The summed E-state index contributed by atoms with van der Waals surface area (Å²) >= 11 is 0. The van der Waals surface area contributed by atoms with E-state index in [0.717, 1.165) is 20.8 Å². The minimum absolute atomic E-state index is 0.583. The molecule has 1 saturated heterocycles. The predicted octanol–water partition coefficient (Wildman–Crippen LogP) is -1.84. The van der Waals surface area contributed by atoms with Crippen molar-refractivity contribution in [3.63, 3.8) is 0 Å². The van der Waals surface area contributed by atoms with E-state index in [4.69, 9.17) is 19.3 Å². The smallest absolute Gasteiger partial charge is 0.337 e. The van der Waals surface area contributed by atoms with Gasteiger partial charge in [0.1, 0.15) is 6.04 Å². The molecule has 0 aromatic heterocycles. The molecule has 1 amide bonds. The number of carbonyl (C=O) groups is 4. The van der Waals surface area contributed by atoms with Crippen LogP contribution in [0.3, 0.4) is 0 Å². The van der Waals surface area contributed by atoms with E-state index < -0.39 is 54.5 Å². The van der Waals surface area contributed by atoms with Gasteiger partial charge in [0.2, 0.25) is 5.91 Å². The molecule has 1 heterocycles. The first-order valence-corrected chi connectivity index (χ1v) is 6.31. The van der Waals surface area contributed by atoms with Crippen LogP contribution in [0.2, 0.25) is 0 Å². The van der Waals surface area contributed by atoms with Gasteiger partial charge >= 0.3 is 17.9 Å². The first kappa shape index (κ1) is 17.9. The molecule has 0 radical (unpaired) electrons. The lowest BCUT2D eigenvalue weighted by Crippen LogP contribution is -2.66. The molecular formula is C12H17NO9. The molecule has 0 aromatic carbocycles. The van der Waals surface area contributed by atoms with Crippen LogP contribution in [0, 0.1) is 0 Å². The molecule has 10 heteroatoms. The van der Waals surface area contributed by atoms with Crippen LogP contribution in [-0.2, 0) is 33.4 Å². The number of carboxylic acid groups (broad SMARTS) is 1. The maximum absolute atomic E-state index is 11.2. The largest absolute Gasteiger partial charge is 0.479 e. The molecule has 1 rings (SSSR count). The molecule has 3 N–H and O–H groups in total. The molecule has 0 saturated carbocycles. The standard InChI is InChI=1S/C12H17NO9/c1-4(14)13-7-8(20-5(2)15)9(21-6(3)16)10(11(17)18)22-12(7)19/h7-10,12,19H,1-3H3,(H,13,14)(H,17,18)/t7-,8+,9-,10+,12+/m0/s1. The zero-order valence-corrected chi connectivity index (χ0v) is 12.1. The summed E-state index contributed by atoms with van der Waals surface area (Å²) in [7, 11) is 0. The van der Waals surface area contributed by atoms with Crippen LogP contribution >= 0.6 is 0 Å². The Balaban J connectivity index is 3.18. The third-order valence-corrected chi connectivity index (χ3v) is 2.79. The summed E-state index contributed by atoms with van der Waals surface area (Å²) < 4.78 is 14.6. The van der Waals surface area contributed by atoms with Crippen molar-refractivity contribution >= 4 is 23.8 Å². The molecule has 0 aromatic rings. The van der Waals surface area contributed by atoms with E-state index in [1.165, 1.54) is 0 Å². The van der Waals surface area contributed by atoms with Crippen LogP contribution in [0.5, 0.6) is 0 Å². The Morgan fingerprint density at radius 3 is 1.91 bits per heavy atom. The SMILES string of the molecule is CC(=O)N[C@H]1[C@@H](OC(C)=O)[C@H](OC(C)=O)[C@H](C(=O)O)O[C@H]1O. The minimum atomic E-state index is -1.76. The third-order valence-electron chi connectivity index (χ3n) is 2.79. The second kappa shape index (κ2) is 7.18. The monoisotopic (exact) mass is 319 g/mol. The zero-order valence-electron chi connectivity index (χ0n) is 12.1. The topological polar surface area (TPSA) is 148 Å². The number of esters is 2. The fourth-order valence-corrected chi connectivity index (χ4v) is 2.09. The molecule has 1 fully saturated rings. The number of carboxylic acids is 1. The summed E-state index contributed by atoms with van der Waals surface area (Å²) in [5, 5.41) is 21.2. The van der Waals surface area contributed by atoms with Crippen LogP contribution in [-0.4, -0.2) is 64.7 Å². The highest BCUT2D eigenvalue weighted by Gasteiger charge is 2.52. The van der Waals surface area contributed by atoms with Crippen molar-refractivity contribution in [3.05, 3.63) is 0 Å². The van der Waals surface area contributed by atoms with Gasteiger partial charge in [0.15, 0.2) is 24.6 Å². The van der Waals surface area contributed by atoms with Gasteiger partial charge in [-0.3, -0.25) is 14.4 Å². The summed E-state index contributed by atoms with van der Waals surface area (Å²) in [5.41, 5.74) is 0. The lowest BCUT2D eigenvalue weighted by Gasteiger charge is -2.42. The summed E-state index contributed by atoms with van der Waals surface area (Å²) in [4.78, 5) is 44.8. The lowest BCUT2D eigenvalue weighted by atomic mass is 9.96. The number of aliphatic hydroxyl groups excluding tert-OH is 1. The third kappa shape index (κ3) is 4.40. The number of aliphatic carboxylic acids is 1. The van der Waals surface area contributed by atoms with Gasteiger partial charge in [0, 0.05) is 20.8 Å². The molecule has 10 nitrogen and oxygen atoms in total. The van der Waals surface area contributed by atoms with Crippen molar-refractivity contribution in [2.24, 2.45) is 0 Å². The Hall–Kier alpha value is -2.20. The number of carbonyl (C=O) groups excluding carboxylic acids is 3. The second-order valence-electron chi connectivity index (χ2n) is 4.66. The fraction of sp³-hybridized carbons (Fsp3) is 0.667. The molecule has 0 unspecified atom stereocenters. The zero-order chi connectivity index (χ0) is 17.0. The maximum Gasteiger partial charge on any atom is 0.337 e. The molecule has 124 valence electrons. The average molecular weight is 319 g/mol. The van der Waals surface area contributed by atoms with Gasteiger partial charge < -0.3 is 29.7 Å². The van der Waals surface area contributed by atoms with Crippen LogP contribution < -0.4 is 5.32 Å². The Labute approximate surface area is 125 Å². The van der Waals surface area contributed by atoms with E-state index in [1.807, 2.05) is 0 Å². The number of amides is 1. The predicted molar refractivity (Wildman–Crippen MR) is 67.2 cm³/mol. The second-order valence-corrected chi connectivity index (χ2v) is 4.66. The summed E-state index contributed by atoms with van der Waals surface area (Å²) in [5.74, 6) is -3.76. The van der Waals surface area contributed by atoms with Crippen LogP contribution in [0.25, 0.3) is 0 Å². The van der Waals surface area contributed by atoms with Crippen molar-refractivity contribution in [1.29, 1.82) is 0 Å². The average Bonchev–Trinajstić information content (AvgIpc) is 2.34. The summed E-state index contributed by atoms with van der Waals surface area (Å²) in [6.07, 6.45) is -6.47. The van der Waals surface area contributed by atoms with Gasteiger partial charge in [0.05, 0.1) is 0 Å². The molecule has 22 heavy (non-hydrogen) atoms. The highest BCUT2D eigenvalue weighted by atomic mass is 16.7. The lowest BCUT2D eigenvalue weighted by molar-refractivity contribution is -0.258. The number of aliphatic hydroxyl groups is 1. The van der Waals surface area contributed by atoms with Gasteiger partial charge in [-0.05, 0) is 0 Å². The molecule has 1 aliphatic heterocycles. The van der Waals surface area contributed by atoms with Gasteiger partial charge in [-0.25, -0.2) is 4.79 Å². The highest BCUT2D eigenvalue weighted by Crippen LogP contribution is 2.25. The summed E-state index contributed by atoms with van der Waals surface area (Å²) in [6.45, 7) is 3.22. The van der Waals surface area contributed by atoms with Gasteiger partial charge in [-0.15, -0.1) is 0 Å². The van der Waals surface area contributed by atoms with Gasteiger partial charge in [-0.2, -0.15) is 0 Å². The molecule has 0 spiro atoms. The number of rotatable bonds is 4. The van der Waals surface area contributed by atoms with Gasteiger partial charge in [0.25, 0.3) is 0 Å². The van der Waals surface area contributed by atoms with Crippen molar-refractivity contribution in [3.8, 4) is 0 Å². The van der Waals surface area contributed by atoms with Crippen molar-refractivity contribution in [2.45, 2.75) is 51.4 Å². The highest BCUT2D eigenvalue weighted by molar-refractivity contribution is 5.76. The normalized spacial score (nSPS) is 31.0. The van der Waals surface area contributed by atoms with E-state index in [2.05, 4.69) is 5.32 Å². The minimum Gasteiger partial charge on any atom is -0.479 e. The number of hydrogen-bond acceptors (Lipinski definition) is 8. The quantitative estimate of drug-likeness (QED) is 0.508. The Bertz CT molecular complexity index is 477. The number of nitrogens with one attached hydrogen (secondary N) is 1. The van der Waals surface area contributed by atoms with Crippen molar-refractivity contribution in [2.75, 3.05) is 0 Å². The Morgan fingerprint density at radius 1 is 1.00 bits per heavy atom. The van der Waals surface area contributed by atoms with Crippen molar-refractivity contribution < 1.29 is 43.6 Å². The van der Waals surface area contributed by atoms with E-state index in [1.54, 1.807) is 0 Å².